The summed E-state index contributed by atoms with van der Waals surface area (Å²) >= 11 is 12.0. The monoisotopic (exact) mass is 403 g/mol. The number of carbonyl (C=O) groups is 1. The van der Waals surface area contributed by atoms with E-state index in [9.17, 15) is 9.18 Å². The number of amides is 2. The van der Waals surface area contributed by atoms with Gasteiger partial charge in [0.25, 0.3) is 0 Å². The first kappa shape index (κ1) is 17.9. The van der Waals surface area contributed by atoms with Gasteiger partial charge in [-0.1, -0.05) is 35.3 Å². The molecule has 4 rings (SSSR count). The molecule has 2 amide bonds. The van der Waals surface area contributed by atoms with Gasteiger partial charge in [-0.25, -0.2) is 9.18 Å². The summed E-state index contributed by atoms with van der Waals surface area (Å²) in [7, 11) is 0. The summed E-state index contributed by atoms with van der Waals surface area (Å²) in [5.74, 6) is -0.309. The van der Waals surface area contributed by atoms with Crippen molar-refractivity contribution in [3.63, 3.8) is 0 Å². The Hall–Kier alpha value is -2.50. The van der Waals surface area contributed by atoms with Crippen LogP contribution in [0.15, 0.2) is 60.8 Å². The lowest BCUT2D eigenvalue weighted by atomic mass is 10.0. The fraction of sp³-hybridized carbons (Fsp3) is 0.150. The van der Waals surface area contributed by atoms with Gasteiger partial charge in [-0.2, -0.15) is 0 Å². The van der Waals surface area contributed by atoms with Crippen LogP contribution in [0.4, 0.5) is 14.9 Å². The molecular formula is C20H16Cl2FN3O. The number of hydrogen-bond acceptors (Lipinski definition) is 1. The molecule has 1 aliphatic heterocycles. The van der Waals surface area contributed by atoms with Gasteiger partial charge in [0.05, 0.1) is 16.1 Å². The average molecular weight is 404 g/mol. The van der Waals surface area contributed by atoms with Gasteiger partial charge in [0, 0.05) is 30.7 Å². The normalized spacial score (nSPS) is 16.1. The van der Waals surface area contributed by atoms with Crippen molar-refractivity contribution in [1.82, 2.24) is 9.47 Å². The molecule has 2 aromatic carbocycles. The van der Waals surface area contributed by atoms with E-state index in [0.29, 0.717) is 28.8 Å². The zero-order chi connectivity index (χ0) is 19.0. The summed E-state index contributed by atoms with van der Waals surface area (Å²) < 4.78 is 15.5. The van der Waals surface area contributed by atoms with Crippen LogP contribution in [-0.4, -0.2) is 22.0 Å². The average Bonchev–Trinajstić information content (AvgIpc) is 3.13. The second kappa shape index (κ2) is 7.25. The molecule has 7 heteroatoms. The molecule has 0 aliphatic carbocycles. The zero-order valence-electron chi connectivity index (χ0n) is 14.2. The van der Waals surface area contributed by atoms with Crippen molar-refractivity contribution in [3.8, 4) is 0 Å². The molecule has 1 N–H and O–H groups in total. The Morgan fingerprint density at radius 1 is 1.04 bits per heavy atom. The van der Waals surface area contributed by atoms with Gasteiger partial charge in [-0.15, -0.1) is 0 Å². The van der Waals surface area contributed by atoms with E-state index < -0.39 is 0 Å². The Balaban J connectivity index is 1.66. The number of aromatic nitrogens is 1. The number of hydrogen-bond donors (Lipinski definition) is 1. The summed E-state index contributed by atoms with van der Waals surface area (Å²) in [6.45, 7) is 1.21. The molecule has 0 spiro atoms. The van der Waals surface area contributed by atoms with Gasteiger partial charge in [-0.05, 0) is 48.0 Å². The number of halogens is 3. The smallest absolute Gasteiger partial charge is 0.322 e. The van der Waals surface area contributed by atoms with Crippen LogP contribution >= 0.6 is 23.2 Å². The van der Waals surface area contributed by atoms with E-state index in [1.165, 1.54) is 12.1 Å². The highest BCUT2D eigenvalue weighted by Crippen LogP contribution is 2.33. The van der Waals surface area contributed by atoms with E-state index in [-0.39, 0.29) is 17.9 Å². The van der Waals surface area contributed by atoms with Gasteiger partial charge in [0.1, 0.15) is 5.82 Å². The van der Waals surface area contributed by atoms with Crippen LogP contribution in [0.25, 0.3) is 0 Å². The summed E-state index contributed by atoms with van der Waals surface area (Å²) in [5.41, 5.74) is 2.39. The van der Waals surface area contributed by atoms with Crippen LogP contribution < -0.4 is 5.32 Å². The SMILES string of the molecule is O=C(Nc1ccc(Cl)c(Cl)c1)N1CCn2cccc2[C@H]1c1ccc(F)cc1. The van der Waals surface area contributed by atoms with Crippen LogP contribution in [-0.2, 0) is 6.54 Å². The van der Waals surface area contributed by atoms with Gasteiger partial charge < -0.3 is 14.8 Å². The first-order valence-electron chi connectivity index (χ1n) is 8.46. The fourth-order valence-corrected chi connectivity index (χ4v) is 3.67. The zero-order valence-corrected chi connectivity index (χ0v) is 15.7. The van der Waals surface area contributed by atoms with Crippen molar-refractivity contribution < 1.29 is 9.18 Å². The molecule has 27 heavy (non-hydrogen) atoms. The predicted octanol–water partition coefficient (Wildman–Crippen LogP) is 5.57. The Bertz CT molecular complexity index is 987. The number of nitrogens with one attached hydrogen (secondary N) is 1. The van der Waals surface area contributed by atoms with Crippen molar-refractivity contribution in [2.75, 3.05) is 11.9 Å². The molecule has 0 saturated heterocycles. The number of urea groups is 1. The topological polar surface area (TPSA) is 37.3 Å². The lowest BCUT2D eigenvalue weighted by molar-refractivity contribution is 0.182. The lowest BCUT2D eigenvalue weighted by Gasteiger charge is -2.37. The van der Waals surface area contributed by atoms with Crippen molar-refractivity contribution >= 4 is 34.9 Å². The maximum absolute atomic E-state index is 13.4. The van der Waals surface area contributed by atoms with E-state index in [4.69, 9.17) is 23.2 Å². The summed E-state index contributed by atoms with van der Waals surface area (Å²) in [5, 5.41) is 3.67. The van der Waals surface area contributed by atoms with Crippen LogP contribution in [0.5, 0.6) is 0 Å². The van der Waals surface area contributed by atoms with E-state index in [2.05, 4.69) is 9.88 Å². The number of fused-ring (bicyclic) bond motifs is 1. The van der Waals surface area contributed by atoms with Crippen LogP contribution in [0, 0.1) is 5.82 Å². The fourth-order valence-electron chi connectivity index (χ4n) is 3.37. The third-order valence-electron chi connectivity index (χ3n) is 4.66. The molecule has 4 nitrogen and oxygen atoms in total. The molecule has 0 unspecified atom stereocenters. The van der Waals surface area contributed by atoms with Gasteiger partial charge in [0.2, 0.25) is 0 Å². The number of rotatable bonds is 2. The molecule has 1 aromatic heterocycles. The highest BCUT2D eigenvalue weighted by molar-refractivity contribution is 6.42. The van der Waals surface area contributed by atoms with Crippen LogP contribution in [0.2, 0.25) is 10.0 Å². The number of benzene rings is 2. The largest absolute Gasteiger partial charge is 0.348 e. The Kier molecular flexibility index (Phi) is 4.81. The molecule has 138 valence electrons. The first-order chi connectivity index (χ1) is 13.0. The Morgan fingerprint density at radius 3 is 2.56 bits per heavy atom. The molecule has 0 saturated carbocycles. The molecule has 2 heterocycles. The third-order valence-corrected chi connectivity index (χ3v) is 5.39. The van der Waals surface area contributed by atoms with E-state index in [1.807, 2.05) is 18.3 Å². The van der Waals surface area contributed by atoms with Gasteiger partial charge in [0.15, 0.2) is 0 Å². The maximum atomic E-state index is 13.4. The van der Waals surface area contributed by atoms with Crippen LogP contribution in [0.1, 0.15) is 17.3 Å². The summed E-state index contributed by atoms with van der Waals surface area (Å²) in [4.78, 5) is 14.7. The van der Waals surface area contributed by atoms with E-state index in [1.54, 1.807) is 35.2 Å². The van der Waals surface area contributed by atoms with Crippen molar-refractivity contribution in [1.29, 1.82) is 0 Å². The highest BCUT2D eigenvalue weighted by atomic mass is 35.5. The minimum Gasteiger partial charge on any atom is -0.348 e. The number of nitrogens with zero attached hydrogens (tertiary/aromatic N) is 2. The van der Waals surface area contributed by atoms with E-state index >= 15 is 0 Å². The van der Waals surface area contributed by atoms with E-state index in [0.717, 1.165) is 11.3 Å². The molecule has 0 fully saturated rings. The maximum Gasteiger partial charge on any atom is 0.322 e. The molecule has 0 radical (unpaired) electrons. The molecule has 3 aromatic rings. The second-order valence-electron chi connectivity index (χ2n) is 6.33. The molecule has 1 aliphatic rings. The van der Waals surface area contributed by atoms with Crippen molar-refractivity contribution in [3.05, 3.63) is 87.9 Å². The molecule has 1 atom stereocenters. The summed E-state index contributed by atoms with van der Waals surface area (Å²) in [6.07, 6.45) is 1.99. The first-order valence-corrected chi connectivity index (χ1v) is 9.22. The standard InChI is InChI=1S/C20H16Cl2FN3O/c21-16-8-7-15(12-17(16)22)24-20(27)26-11-10-25-9-1-2-18(25)19(26)13-3-5-14(23)6-4-13/h1-9,12,19H,10-11H2,(H,24,27)/t19-/m1/s1. The molecule has 0 bridgehead atoms. The minimum atomic E-state index is -0.309. The van der Waals surface area contributed by atoms with Crippen LogP contribution in [0.3, 0.4) is 0 Å². The van der Waals surface area contributed by atoms with Crippen molar-refractivity contribution in [2.24, 2.45) is 0 Å². The Labute approximate surface area is 166 Å². The highest BCUT2D eigenvalue weighted by Gasteiger charge is 2.32. The summed E-state index contributed by atoms with van der Waals surface area (Å²) in [6, 6.07) is 14.6. The number of anilines is 1. The van der Waals surface area contributed by atoms with Gasteiger partial charge >= 0.3 is 6.03 Å². The quantitative estimate of drug-likeness (QED) is 0.596. The van der Waals surface area contributed by atoms with Gasteiger partial charge in [-0.3, -0.25) is 0 Å². The Morgan fingerprint density at radius 2 is 1.81 bits per heavy atom. The predicted molar refractivity (Wildman–Crippen MR) is 105 cm³/mol. The van der Waals surface area contributed by atoms with Crippen molar-refractivity contribution in [2.45, 2.75) is 12.6 Å². The third kappa shape index (κ3) is 3.53. The minimum absolute atomic E-state index is 0.254. The second-order valence-corrected chi connectivity index (χ2v) is 7.15. The molecular weight excluding hydrogens is 388 g/mol. The number of carbonyl (C=O) groups excluding carboxylic acids is 1. The lowest BCUT2D eigenvalue weighted by Crippen LogP contribution is -2.44.